The summed E-state index contributed by atoms with van der Waals surface area (Å²) in [6.45, 7) is 6.41. The molecule has 2 heterocycles. The molecule has 2 aromatic rings. The molecule has 0 unspecified atom stereocenters. The van der Waals surface area contributed by atoms with Crippen LogP contribution in [0.1, 0.15) is 30.9 Å². The number of likely N-dealkylation sites (tertiary alicyclic amines) is 1. The van der Waals surface area contributed by atoms with Gasteiger partial charge in [-0.2, -0.15) is 0 Å². The van der Waals surface area contributed by atoms with Crippen LogP contribution in [0.25, 0.3) is 0 Å². The molecular weight excluding hydrogens is 346 g/mol. The maximum absolute atomic E-state index is 5.36. The summed E-state index contributed by atoms with van der Waals surface area (Å²) in [6.07, 6.45) is 7.41. The Bertz CT molecular complexity index is 671. The minimum atomic E-state index is 0.507. The van der Waals surface area contributed by atoms with Crippen molar-refractivity contribution in [3.63, 3.8) is 0 Å². The summed E-state index contributed by atoms with van der Waals surface area (Å²) in [7, 11) is 4.08. The number of piperidine rings is 1. The molecule has 4 heteroatoms. The van der Waals surface area contributed by atoms with Crippen molar-refractivity contribution in [3.05, 3.63) is 66.0 Å². The smallest absolute Gasteiger partial charge is 0.0615 e. The number of nitrogens with zero attached hydrogens (tertiary/aromatic N) is 3. The van der Waals surface area contributed by atoms with Crippen molar-refractivity contribution >= 4 is 0 Å². The monoisotopic (exact) mass is 381 g/mol. The zero-order valence-electron chi connectivity index (χ0n) is 17.6. The Kier molecular flexibility index (Phi) is 8.01. The van der Waals surface area contributed by atoms with E-state index in [9.17, 15) is 0 Å². The topological polar surface area (TPSA) is 28.6 Å². The number of rotatable bonds is 9. The molecule has 4 nitrogen and oxygen atoms in total. The van der Waals surface area contributed by atoms with Crippen molar-refractivity contribution in [2.45, 2.75) is 44.8 Å². The Morgan fingerprint density at radius 3 is 2.39 bits per heavy atom. The van der Waals surface area contributed by atoms with Crippen LogP contribution < -0.4 is 0 Å². The standard InChI is InChI=1S/C24H35N3O/c1-20(19-28-3)27-15-11-23(12-16-27)24(17-21-7-5-4-6-8-21)26(2)18-22-9-13-25-14-10-22/h4-10,13-14,20,23-24H,11-12,15-19H2,1-3H3/t20-,24+/m0/s1. The molecule has 0 amide bonds. The van der Waals surface area contributed by atoms with Crippen LogP contribution in [0.2, 0.25) is 0 Å². The van der Waals surface area contributed by atoms with E-state index in [0.29, 0.717) is 12.1 Å². The van der Waals surface area contributed by atoms with Gasteiger partial charge in [0.1, 0.15) is 0 Å². The second-order valence-corrected chi connectivity index (χ2v) is 8.21. The SMILES string of the molecule is COC[C@H](C)N1CCC([C@@H](Cc2ccccc2)N(C)Cc2ccncc2)CC1. The molecule has 0 radical (unpaired) electrons. The molecule has 3 rings (SSSR count). The Balaban J connectivity index is 1.67. The summed E-state index contributed by atoms with van der Waals surface area (Å²) in [5, 5.41) is 0. The van der Waals surface area contributed by atoms with Gasteiger partial charge in [-0.25, -0.2) is 0 Å². The number of ether oxygens (including phenoxy) is 1. The lowest BCUT2D eigenvalue weighted by Crippen LogP contribution is -2.47. The van der Waals surface area contributed by atoms with E-state index in [2.05, 4.69) is 71.2 Å². The molecular formula is C24H35N3O. The zero-order valence-corrected chi connectivity index (χ0v) is 17.6. The number of hydrogen-bond donors (Lipinski definition) is 0. The number of methoxy groups -OCH3 is 1. The first-order valence-corrected chi connectivity index (χ1v) is 10.5. The fourth-order valence-corrected chi connectivity index (χ4v) is 4.52. The molecule has 1 aliphatic heterocycles. The van der Waals surface area contributed by atoms with E-state index in [1.165, 1.54) is 37.1 Å². The van der Waals surface area contributed by atoms with Crippen LogP contribution in [0, 0.1) is 5.92 Å². The van der Waals surface area contributed by atoms with Gasteiger partial charge in [0.15, 0.2) is 0 Å². The van der Waals surface area contributed by atoms with Gasteiger partial charge >= 0.3 is 0 Å². The van der Waals surface area contributed by atoms with Crippen LogP contribution in [0.4, 0.5) is 0 Å². The first kappa shape index (κ1) is 21.0. The van der Waals surface area contributed by atoms with E-state index in [-0.39, 0.29) is 0 Å². The minimum Gasteiger partial charge on any atom is -0.383 e. The van der Waals surface area contributed by atoms with E-state index in [0.717, 1.165) is 25.5 Å². The highest BCUT2D eigenvalue weighted by Crippen LogP contribution is 2.28. The van der Waals surface area contributed by atoms with Crippen LogP contribution in [-0.4, -0.2) is 60.7 Å². The third-order valence-electron chi connectivity index (χ3n) is 6.18. The van der Waals surface area contributed by atoms with Crippen LogP contribution in [-0.2, 0) is 17.7 Å². The third-order valence-corrected chi connectivity index (χ3v) is 6.18. The zero-order chi connectivity index (χ0) is 19.8. The first-order chi connectivity index (χ1) is 13.7. The molecule has 2 atom stereocenters. The summed E-state index contributed by atoms with van der Waals surface area (Å²) in [5.41, 5.74) is 2.77. The maximum Gasteiger partial charge on any atom is 0.0615 e. The Hall–Kier alpha value is -1.75. The molecule has 0 aliphatic carbocycles. The molecule has 1 aliphatic rings. The second-order valence-electron chi connectivity index (χ2n) is 8.21. The first-order valence-electron chi connectivity index (χ1n) is 10.5. The van der Waals surface area contributed by atoms with Crippen molar-refractivity contribution in [3.8, 4) is 0 Å². The van der Waals surface area contributed by atoms with Gasteiger partial charge in [0.25, 0.3) is 0 Å². The van der Waals surface area contributed by atoms with Gasteiger partial charge in [0.2, 0.25) is 0 Å². The van der Waals surface area contributed by atoms with E-state index >= 15 is 0 Å². The van der Waals surface area contributed by atoms with Gasteiger partial charge in [-0.15, -0.1) is 0 Å². The molecule has 28 heavy (non-hydrogen) atoms. The summed E-state index contributed by atoms with van der Waals surface area (Å²) >= 11 is 0. The van der Waals surface area contributed by atoms with Crippen LogP contribution in [0.3, 0.4) is 0 Å². The molecule has 1 aromatic carbocycles. The van der Waals surface area contributed by atoms with Gasteiger partial charge in [-0.05, 0) is 75.5 Å². The van der Waals surface area contributed by atoms with Crippen molar-refractivity contribution in [1.82, 2.24) is 14.8 Å². The highest BCUT2D eigenvalue weighted by molar-refractivity contribution is 5.17. The molecule has 0 spiro atoms. The van der Waals surface area contributed by atoms with Crippen molar-refractivity contribution in [1.29, 1.82) is 0 Å². The van der Waals surface area contributed by atoms with Crippen LogP contribution >= 0.6 is 0 Å². The predicted octanol–water partition coefficient (Wildman–Crippen LogP) is 3.87. The normalized spacial score (nSPS) is 18.3. The van der Waals surface area contributed by atoms with E-state index in [4.69, 9.17) is 4.74 Å². The number of aromatic nitrogens is 1. The Morgan fingerprint density at radius 1 is 1.07 bits per heavy atom. The van der Waals surface area contributed by atoms with Gasteiger partial charge < -0.3 is 4.74 Å². The number of benzene rings is 1. The van der Waals surface area contributed by atoms with Gasteiger partial charge in [-0.3, -0.25) is 14.8 Å². The number of likely N-dealkylation sites (N-methyl/N-ethyl adjacent to an activating group) is 1. The largest absolute Gasteiger partial charge is 0.383 e. The fraction of sp³-hybridized carbons (Fsp3) is 0.542. The van der Waals surface area contributed by atoms with Crippen LogP contribution in [0.15, 0.2) is 54.9 Å². The quantitative estimate of drug-likeness (QED) is 0.659. The highest BCUT2D eigenvalue weighted by atomic mass is 16.5. The third kappa shape index (κ3) is 5.87. The fourth-order valence-electron chi connectivity index (χ4n) is 4.52. The minimum absolute atomic E-state index is 0.507. The van der Waals surface area contributed by atoms with E-state index in [1.807, 2.05) is 12.4 Å². The van der Waals surface area contributed by atoms with Crippen molar-refractivity contribution in [2.24, 2.45) is 5.92 Å². The molecule has 1 fully saturated rings. The van der Waals surface area contributed by atoms with Crippen molar-refractivity contribution < 1.29 is 4.74 Å². The second kappa shape index (κ2) is 10.7. The molecule has 0 bridgehead atoms. The summed E-state index contributed by atoms with van der Waals surface area (Å²) in [6, 6.07) is 16.3. The van der Waals surface area contributed by atoms with Gasteiger partial charge in [-0.1, -0.05) is 30.3 Å². The highest BCUT2D eigenvalue weighted by Gasteiger charge is 2.30. The Labute approximate surface area is 170 Å². The molecule has 0 saturated carbocycles. The lowest BCUT2D eigenvalue weighted by atomic mass is 9.84. The average molecular weight is 382 g/mol. The number of hydrogen-bond acceptors (Lipinski definition) is 4. The van der Waals surface area contributed by atoms with E-state index in [1.54, 1.807) is 7.11 Å². The molecule has 0 N–H and O–H groups in total. The van der Waals surface area contributed by atoms with Gasteiger partial charge in [0, 0.05) is 38.1 Å². The van der Waals surface area contributed by atoms with Crippen LogP contribution in [0.5, 0.6) is 0 Å². The summed E-state index contributed by atoms with van der Waals surface area (Å²) < 4.78 is 5.36. The molecule has 1 saturated heterocycles. The molecule has 1 aromatic heterocycles. The van der Waals surface area contributed by atoms with E-state index < -0.39 is 0 Å². The van der Waals surface area contributed by atoms with Gasteiger partial charge in [0.05, 0.1) is 6.61 Å². The maximum atomic E-state index is 5.36. The lowest BCUT2D eigenvalue weighted by molar-refractivity contribution is 0.0500. The number of pyridine rings is 1. The Morgan fingerprint density at radius 2 is 1.75 bits per heavy atom. The summed E-state index contributed by atoms with van der Waals surface area (Å²) in [4.78, 5) is 9.30. The summed E-state index contributed by atoms with van der Waals surface area (Å²) in [5.74, 6) is 0.720. The van der Waals surface area contributed by atoms with Crippen molar-refractivity contribution in [2.75, 3.05) is 33.9 Å². The predicted molar refractivity (Wildman–Crippen MR) is 115 cm³/mol. The average Bonchev–Trinajstić information content (AvgIpc) is 2.74. The lowest BCUT2D eigenvalue weighted by Gasteiger charge is -2.42. The molecule has 152 valence electrons.